The monoisotopic (exact) mass is 148 g/mol. The van der Waals surface area contributed by atoms with Crippen molar-refractivity contribution < 1.29 is 5.11 Å². The second-order valence-electron chi connectivity index (χ2n) is 3.52. The molecule has 0 saturated heterocycles. The summed E-state index contributed by atoms with van der Waals surface area (Å²) >= 11 is 0. The van der Waals surface area contributed by atoms with Crippen molar-refractivity contribution in [2.24, 2.45) is 0 Å². The fourth-order valence-corrected chi connectivity index (χ4v) is 1.52. The summed E-state index contributed by atoms with van der Waals surface area (Å²) < 4.78 is 0. The Bertz CT molecular complexity index is 251. The highest BCUT2D eigenvalue weighted by molar-refractivity contribution is 5.29. The van der Waals surface area contributed by atoms with Gasteiger partial charge in [-0.3, -0.25) is 0 Å². The van der Waals surface area contributed by atoms with Gasteiger partial charge < -0.3 is 5.11 Å². The van der Waals surface area contributed by atoms with Crippen molar-refractivity contribution in [3.05, 3.63) is 35.9 Å². The molecule has 0 unspecified atom stereocenters. The predicted octanol–water partition coefficient (Wildman–Crippen LogP) is 1.92. The molecule has 1 aliphatic rings. The van der Waals surface area contributed by atoms with Gasteiger partial charge in [0.1, 0.15) is 0 Å². The first kappa shape index (κ1) is 6.86. The average molecular weight is 148 g/mol. The molecule has 0 bridgehead atoms. The van der Waals surface area contributed by atoms with Gasteiger partial charge in [-0.2, -0.15) is 0 Å². The van der Waals surface area contributed by atoms with Gasteiger partial charge in [0.2, 0.25) is 0 Å². The Balaban J connectivity index is 2.21. The number of benzene rings is 1. The molecule has 2 atom stereocenters. The molecule has 58 valence electrons. The number of hydrogen-bond donors (Lipinski definition) is 1. The fraction of sp³-hybridized carbons (Fsp3) is 0.400. The van der Waals surface area contributed by atoms with Gasteiger partial charge in [0, 0.05) is 5.92 Å². The molecule has 0 radical (unpaired) electrons. The maximum Gasteiger partial charge on any atom is 0.0696 e. The standard InChI is InChI=1S/C10H12O/c1-10(11)7-9(10)8-5-3-2-4-6-8/h2-6,9,11H,7H2,1H3/t9-,10+/m0/s1. The molecule has 2 rings (SSSR count). The molecular weight excluding hydrogens is 136 g/mol. The van der Waals surface area contributed by atoms with Crippen molar-refractivity contribution in [1.82, 2.24) is 0 Å². The normalized spacial score (nSPS) is 35.3. The highest BCUT2D eigenvalue weighted by Gasteiger charge is 2.49. The molecule has 1 nitrogen and oxygen atoms in total. The first-order valence-corrected chi connectivity index (χ1v) is 3.97. The van der Waals surface area contributed by atoms with Crippen LogP contribution in [0.1, 0.15) is 24.8 Å². The van der Waals surface area contributed by atoms with Crippen LogP contribution in [-0.4, -0.2) is 10.7 Å². The van der Waals surface area contributed by atoms with E-state index in [1.54, 1.807) is 0 Å². The molecule has 1 aliphatic carbocycles. The SMILES string of the molecule is C[C@@]1(O)C[C@H]1c1ccccc1. The fourth-order valence-electron chi connectivity index (χ4n) is 1.52. The highest BCUT2D eigenvalue weighted by Crippen LogP contribution is 2.50. The predicted molar refractivity (Wildman–Crippen MR) is 44.4 cm³/mol. The third-order valence-corrected chi connectivity index (χ3v) is 2.41. The van der Waals surface area contributed by atoms with Crippen LogP contribution in [0.15, 0.2) is 30.3 Å². The van der Waals surface area contributed by atoms with Crippen LogP contribution in [-0.2, 0) is 0 Å². The molecule has 0 heterocycles. The first-order valence-electron chi connectivity index (χ1n) is 3.97. The molecule has 1 heteroatoms. The zero-order chi connectivity index (χ0) is 7.90. The second-order valence-corrected chi connectivity index (χ2v) is 3.52. The lowest BCUT2D eigenvalue weighted by molar-refractivity contribution is 0.164. The summed E-state index contributed by atoms with van der Waals surface area (Å²) in [6.07, 6.45) is 0.914. The van der Waals surface area contributed by atoms with Crippen LogP contribution in [0, 0.1) is 0 Å². The van der Waals surface area contributed by atoms with E-state index in [9.17, 15) is 5.11 Å². The summed E-state index contributed by atoms with van der Waals surface area (Å²) in [4.78, 5) is 0. The van der Waals surface area contributed by atoms with E-state index in [0.717, 1.165) is 6.42 Å². The molecule has 1 fully saturated rings. The second kappa shape index (κ2) is 2.08. The van der Waals surface area contributed by atoms with Gasteiger partial charge >= 0.3 is 0 Å². The minimum Gasteiger partial charge on any atom is -0.390 e. The van der Waals surface area contributed by atoms with Gasteiger partial charge in [-0.05, 0) is 18.9 Å². The molecule has 0 aromatic heterocycles. The number of hydrogen-bond acceptors (Lipinski definition) is 1. The molecule has 1 aromatic carbocycles. The van der Waals surface area contributed by atoms with E-state index < -0.39 is 5.60 Å². The number of aliphatic hydroxyl groups is 1. The van der Waals surface area contributed by atoms with Crippen LogP contribution in [0.2, 0.25) is 0 Å². The molecule has 1 N–H and O–H groups in total. The lowest BCUT2D eigenvalue weighted by atomic mass is 10.1. The largest absolute Gasteiger partial charge is 0.390 e. The van der Waals surface area contributed by atoms with Crippen molar-refractivity contribution in [3.8, 4) is 0 Å². The van der Waals surface area contributed by atoms with E-state index in [-0.39, 0.29) is 0 Å². The van der Waals surface area contributed by atoms with E-state index in [1.807, 2.05) is 25.1 Å². The van der Waals surface area contributed by atoms with Crippen LogP contribution in [0.4, 0.5) is 0 Å². The molecule has 0 amide bonds. The van der Waals surface area contributed by atoms with Gasteiger partial charge in [0.15, 0.2) is 0 Å². The minimum absolute atomic E-state index is 0.378. The Labute approximate surface area is 66.7 Å². The third-order valence-electron chi connectivity index (χ3n) is 2.41. The first-order chi connectivity index (χ1) is 5.20. The van der Waals surface area contributed by atoms with Crippen LogP contribution in [0.25, 0.3) is 0 Å². The summed E-state index contributed by atoms with van der Waals surface area (Å²) in [6.45, 7) is 1.89. The summed E-state index contributed by atoms with van der Waals surface area (Å²) in [6, 6.07) is 10.2. The topological polar surface area (TPSA) is 20.2 Å². The van der Waals surface area contributed by atoms with Crippen molar-refractivity contribution in [2.75, 3.05) is 0 Å². The Morgan fingerprint density at radius 1 is 1.36 bits per heavy atom. The lowest BCUT2D eigenvalue weighted by Crippen LogP contribution is -2.01. The van der Waals surface area contributed by atoms with E-state index in [1.165, 1.54) is 5.56 Å². The lowest BCUT2D eigenvalue weighted by Gasteiger charge is -2.01. The Morgan fingerprint density at radius 2 is 1.91 bits per heavy atom. The van der Waals surface area contributed by atoms with Gasteiger partial charge in [-0.25, -0.2) is 0 Å². The number of rotatable bonds is 1. The Morgan fingerprint density at radius 3 is 2.36 bits per heavy atom. The minimum atomic E-state index is -0.429. The van der Waals surface area contributed by atoms with Crippen molar-refractivity contribution in [2.45, 2.75) is 24.9 Å². The Hall–Kier alpha value is -0.820. The maximum atomic E-state index is 9.55. The van der Waals surface area contributed by atoms with Gasteiger partial charge in [-0.15, -0.1) is 0 Å². The molecule has 11 heavy (non-hydrogen) atoms. The van der Waals surface area contributed by atoms with E-state index >= 15 is 0 Å². The zero-order valence-corrected chi connectivity index (χ0v) is 6.62. The van der Waals surface area contributed by atoms with Gasteiger partial charge in [0.25, 0.3) is 0 Å². The van der Waals surface area contributed by atoms with E-state index in [2.05, 4.69) is 12.1 Å². The van der Waals surface area contributed by atoms with Crippen molar-refractivity contribution in [3.63, 3.8) is 0 Å². The Kier molecular flexibility index (Phi) is 1.30. The molecule has 0 spiro atoms. The van der Waals surface area contributed by atoms with Crippen LogP contribution in [0.3, 0.4) is 0 Å². The highest BCUT2D eigenvalue weighted by atomic mass is 16.3. The van der Waals surface area contributed by atoms with Crippen LogP contribution < -0.4 is 0 Å². The van der Waals surface area contributed by atoms with Gasteiger partial charge in [0.05, 0.1) is 5.60 Å². The average Bonchev–Trinajstić information content (AvgIpc) is 2.62. The van der Waals surface area contributed by atoms with Crippen LogP contribution >= 0.6 is 0 Å². The molecule has 1 aromatic rings. The maximum absolute atomic E-state index is 9.55. The molecular formula is C10H12O. The summed E-state index contributed by atoms with van der Waals surface area (Å²) in [5.41, 5.74) is 0.832. The smallest absolute Gasteiger partial charge is 0.0696 e. The van der Waals surface area contributed by atoms with Crippen molar-refractivity contribution in [1.29, 1.82) is 0 Å². The molecule has 1 saturated carbocycles. The van der Waals surface area contributed by atoms with Crippen molar-refractivity contribution >= 4 is 0 Å². The summed E-state index contributed by atoms with van der Waals surface area (Å²) in [5.74, 6) is 0.378. The van der Waals surface area contributed by atoms with Gasteiger partial charge in [-0.1, -0.05) is 30.3 Å². The summed E-state index contributed by atoms with van der Waals surface area (Å²) in [7, 11) is 0. The third kappa shape index (κ3) is 1.16. The van der Waals surface area contributed by atoms with Crippen LogP contribution in [0.5, 0.6) is 0 Å². The zero-order valence-electron chi connectivity index (χ0n) is 6.62. The van der Waals surface area contributed by atoms with E-state index in [0.29, 0.717) is 5.92 Å². The summed E-state index contributed by atoms with van der Waals surface area (Å²) in [5, 5.41) is 9.55. The molecule has 0 aliphatic heterocycles. The van der Waals surface area contributed by atoms with E-state index in [4.69, 9.17) is 0 Å². The quantitative estimate of drug-likeness (QED) is 0.645.